The van der Waals surface area contributed by atoms with Crippen molar-refractivity contribution in [1.29, 1.82) is 5.26 Å². The monoisotopic (exact) mass is 301 g/mol. The van der Waals surface area contributed by atoms with Crippen LogP contribution in [0.25, 0.3) is 22.9 Å². The van der Waals surface area contributed by atoms with Crippen molar-refractivity contribution >= 4 is 6.08 Å². The van der Waals surface area contributed by atoms with Gasteiger partial charge in [0.15, 0.2) is 0 Å². The minimum absolute atomic E-state index is 0.675. The topological polar surface area (TPSA) is 54.7 Å². The summed E-state index contributed by atoms with van der Waals surface area (Å²) >= 11 is 0. The number of aromatic nitrogens is 1. The summed E-state index contributed by atoms with van der Waals surface area (Å²) in [4.78, 5) is 0. The fraction of sp³-hybridized carbons (Fsp3) is 0.0500. The zero-order valence-corrected chi connectivity index (χ0v) is 13.1. The van der Waals surface area contributed by atoms with Crippen LogP contribution in [0, 0.1) is 11.3 Å². The molecule has 0 atom stereocenters. The molecule has 3 heteroatoms. The zero-order valence-electron chi connectivity index (χ0n) is 13.1. The highest BCUT2D eigenvalue weighted by Crippen LogP contribution is 2.26. The fourth-order valence-corrected chi connectivity index (χ4v) is 2.32. The number of hydrogen-bond acceptors (Lipinski definition) is 2. The Morgan fingerprint density at radius 3 is 2.22 bits per heavy atom. The van der Waals surface area contributed by atoms with Gasteiger partial charge in [0.1, 0.15) is 6.07 Å². The van der Waals surface area contributed by atoms with Gasteiger partial charge < -0.3 is 10.3 Å². The molecule has 0 aliphatic heterocycles. The number of benzene rings is 2. The standard InChI is InChI=1S/C19H14N2.CH5N/c1-2-15-8-10-18(11-9-15)21-13-17(12-20)19(14-21)16-6-4-3-5-7-16;1-2/h2-11,13-14H,1H2;2H2,1H3. The molecule has 2 N–H and O–H groups in total. The van der Waals surface area contributed by atoms with Crippen LogP contribution in [0.4, 0.5) is 0 Å². The smallest absolute Gasteiger partial charge is 0.101 e. The number of hydrogen-bond donors (Lipinski definition) is 1. The predicted octanol–water partition coefficient (Wildman–Crippen LogP) is 4.23. The number of rotatable bonds is 3. The third kappa shape index (κ3) is 3.57. The van der Waals surface area contributed by atoms with E-state index in [1.165, 1.54) is 7.05 Å². The van der Waals surface area contributed by atoms with E-state index in [1.807, 2.05) is 77.6 Å². The highest BCUT2D eigenvalue weighted by molar-refractivity contribution is 5.70. The molecule has 1 aromatic heterocycles. The molecule has 2 aromatic carbocycles. The first-order valence-electron chi connectivity index (χ1n) is 7.30. The summed E-state index contributed by atoms with van der Waals surface area (Å²) in [6, 6.07) is 20.3. The largest absolute Gasteiger partial charge is 0.333 e. The van der Waals surface area contributed by atoms with Gasteiger partial charge in [0, 0.05) is 23.6 Å². The molecular weight excluding hydrogens is 282 g/mol. The molecule has 0 saturated heterocycles. The Bertz CT molecular complexity index is 806. The van der Waals surface area contributed by atoms with Crippen LogP contribution in [-0.2, 0) is 0 Å². The summed E-state index contributed by atoms with van der Waals surface area (Å²) in [6.45, 7) is 3.75. The molecule has 0 bridgehead atoms. The van der Waals surface area contributed by atoms with Crippen molar-refractivity contribution in [3.63, 3.8) is 0 Å². The van der Waals surface area contributed by atoms with Crippen LogP contribution in [0.1, 0.15) is 11.1 Å². The maximum absolute atomic E-state index is 9.35. The summed E-state index contributed by atoms with van der Waals surface area (Å²) in [7, 11) is 1.50. The van der Waals surface area contributed by atoms with E-state index >= 15 is 0 Å². The number of nitriles is 1. The minimum atomic E-state index is 0.675. The Morgan fingerprint density at radius 2 is 1.65 bits per heavy atom. The molecule has 23 heavy (non-hydrogen) atoms. The van der Waals surface area contributed by atoms with E-state index in [0.717, 1.165) is 22.4 Å². The van der Waals surface area contributed by atoms with Crippen molar-refractivity contribution in [2.75, 3.05) is 7.05 Å². The van der Waals surface area contributed by atoms with Crippen LogP contribution in [0.3, 0.4) is 0 Å². The molecule has 0 unspecified atom stereocenters. The Balaban J connectivity index is 0.000000924. The number of nitrogens with two attached hydrogens (primary N) is 1. The van der Waals surface area contributed by atoms with Crippen LogP contribution in [0.5, 0.6) is 0 Å². The third-order valence-corrected chi connectivity index (χ3v) is 3.46. The van der Waals surface area contributed by atoms with Crippen molar-refractivity contribution < 1.29 is 0 Å². The minimum Gasteiger partial charge on any atom is -0.333 e. The Hall–Kier alpha value is -3.09. The molecular formula is C20H19N3. The predicted molar refractivity (Wildman–Crippen MR) is 96.1 cm³/mol. The lowest BCUT2D eigenvalue weighted by atomic mass is 10.1. The van der Waals surface area contributed by atoms with Crippen LogP contribution in [0.2, 0.25) is 0 Å². The molecule has 3 rings (SSSR count). The van der Waals surface area contributed by atoms with Gasteiger partial charge in [-0.25, -0.2) is 0 Å². The molecule has 0 aliphatic carbocycles. The molecule has 114 valence electrons. The maximum atomic E-state index is 9.35. The Kier molecular flexibility index (Phi) is 5.51. The van der Waals surface area contributed by atoms with Gasteiger partial charge in [0.25, 0.3) is 0 Å². The Labute approximate surface area is 136 Å². The first-order valence-corrected chi connectivity index (χ1v) is 7.30. The van der Waals surface area contributed by atoms with Crippen LogP contribution >= 0.6 is 0 Å². The maximum Gasteiger partial charge on any atom is 0.101 e. The summed E-state index contributed by atoms with van der Waals surface area (Å²) in [5.41, 5.74) is 9.28. The lowest BCUT2D eigenvalue weighted by Gasteiger charge is -2.03. The molecule has 3 aromatic rings. The van der Waals surface area contributed by atoms with Crippen molar-refractivity contribution in [2.24, 2.45) is 5.73 Å². The van der Waals surface area contributed by atoms with Crippen molar-refractivity contribution in [3.05, 3.63) is 84.7 Å². The Morgan fingerprint density at radius 1 is 1.00 bits per heavy atom. The van der Waals surface area contributed by atoms with Crippen molar-refractivity contribution in [1.82, 2.24) is 4.57 Å². The van der Waals surface area contributed by atoms with E-state index in [4.69, 9.17) is 0 Å². The average Bonchev–Trinajstić information content (AvgIpc) is 3.08. The van der Waals surface area contributed by atoms with E-state index < -0.39 is 0 Å². The molecule has 0 radical (unpaired) electrons. The normalized spacial score (nSPS) is 9.43. The molecule has 1 heterocycles. The number of nitrogens with zero attached hydrogens (tertiary/aromatic N) is 2. The van der Waals surface area contributed by atoms with E-state index in [9.17, 15) is 5.26 Å². The molecule has 0 aliphatic rings. The lowest BCUT2D eigenvalue weighted by Crippen LogP contribution is -1.89. The van der Waals surface area contributed by atoms with E-state index in [0.29, 0.717) is 5.56 Å². The van der Waals surface area contributed by atoms with Gasteiger partial charge in [-0.05, 0) is 30.3 Å². The van der Waals surface area contributed by atoms with E-state index in [2.05, 4.69) is 18.4 Å². The van der Waals surface area contributed by atoms with Crippen LogP contribution < -0.4 is 5.73 Å². The highest BCUT2D eigenvalue weighted by atomic mass is 14.9. The first kappa shape index (κ1) is 16.3. The van der Waals surface area contributed by atoms with Crippen molar-refractivity contribution in [2.45, 2.75) is 0 Å². The summed E-state index contributed by atoms with van der Waals surface area (Å²) in [6.07, 6.45) is 5.68. The SMILES string of the molecule is C=Cc1ccc(-n2cc(C#N)c(-c3ccccc3)c2)cc1.CN. The average molecular weight is 301 g/mol. The van der Waals surface area contributed by atoms with Crippen molar-refractivity contribution in [3.8, 4) is 22.9 Å². The molecule has 3 nitrogen and oxygen atoms in total. The second kappa shape index (κ2) is 7.79. The second-order valence-electron chi connectivity index (χ2n) is 4.77. The van der Waals surface area contributed by atoms with Crippen LogP contribution in [0.15, 0.2) is 73.6 Å². The zero-order chi connectivity index (χ0) is 16.7. The summed E-state index contributed by atoms with van der Waals surface area (Å²) in [5.74, 6) is 0. The molecule has 0 fully saturated rings. The first-order chi connectivity index (χ1) is 11.3. The molecule has 0 amide bonds. The molecule has 0 saturated carbocycles. The van der Waals surface area contributed by atoms with Gasteiger partial charge in [-0.2, -0.15) is 5.26 Å². The molecule has 0 spiro atoms. The van der Waals surface area contributed by atoms with Gasteiger partial charge >= 0.3 is 0 Å². The van der Waals surface area contributed by atoms with Gasteiger partial charge in [0.05, 0.1) is 5.56 Å². The van der Waals surface area contributed by atoms with E-state index in [-0.39, 0.29) is 0 Å². The summed E-state index contributed by atoms with van der Waals surface area (Å²) in [5, 5.41) is 9.35. The quantitative estimate of drug-likeness (QED) is 0.787. The van der Waals surface area contributed by atoms with Gasteiger partial charge in [-0.15, -0.1) is 0 Å². The third-order valence-electron chi connectivity index (χ3n) is 3.46. The fourth-order valence-electron chi connectivity index (χ4n) is 2.32. The second-order valence-corrected chi connectivity index (χ2v) is 4.77. The van der Waals surface area contributed by atoms with Gasteiger partial charge in [-0.1, -0.05) is 55.1 Å². The highest BCUT2D eigenvalue weighted by Gasteiger charge is 2.09. The summed E-state index contributed by atoms with van der Waals surface area (Å²) < 4.78 is 1.98. The van der Waals surface area contributed by atoms with Gasteiger partial charge in [0.2, 0.25) is 0 Å². The van der Waals surface area contributed by atoms with Crippen LogP contribution in [-0.4, -0.2) is 11.6 Å². The lowest BCUT2D eigenvalue weighted by molar-refractivity contribution is 1.08. The van der Waals surface area contributed by atoms with E-state index in [1.54, 1.807) is 0 Å². The van der Waals surface area contributed by atoms with Gasteiger partial charge in [-0.3, -0.25) is 0 Å².